The van der Waals surface area contributed by atoms with Gasteiger partial charge in [0.1, 0.15) is 6.04 Å². The van der Waals surface area contributed by atoms with Crippen molar-refractivity contribution < 1.29 is 9.59 Å². The van der Waals surface area contributed by atoms with E-state index in [1.807, 2.05) is 47.1 Å². The van der Waals surface area contributed by atoms with Gasteiger partial charge >= 0.3 is 6.03 Å². The van der Waals surface area contributed by atoms with E-state index >= 15 is 0 Å². The molecule has 0 bridgehead atoms. The van der Waals surface area contributed by atoms with E-state index in [1.165, 1.54) is 10.5 Å². The molecule has 0 unspecified atom stereocenters. The molecule has 0 saturated carbocycles. The van der Waals surface area contributed by atoms with Crippen LogP contribution < -0.4 is 10.6 Å². The largest absolute Gasteiger partial charge is 0.335 e. The van der Waals surface area contributed by atoms with Gasteiger partial charge in [0.25, 0.3) is 0 Å². The molecule has 0 aliphatic carbocycles. The number of nitrogens with zero attached hydrogens (tertiary/aromatic N) is 3. The maximum atomic E-state index is 12.7. The number of nitrogens with one attached hydrogen (secondary N) is 2. The minimum absolute atomic E-state index is 0.251. The van der Waals surface area contributed by atoms with E-state index < -0.39 is 6.04 Å². The Morgan fingerprint density at radius 1 is 1.17 bits per heavy atom. The number of carbonyl (C=O) groups excluding carboxylic acids is 2. The number of aryl methyl sites for hydroxylation is 1. The van der Waals surface area contributed by atoms with Gasteiger partial charge in [0.2, 0.25) is 5.91 Å². The third-order valence-electron chi connectivity index (χ3n) is 5.26. The molecule has 1 atom stereocenters. The Kier molecular flexibility index (Phi) is 5.52. The molecule has 7 nitrogen and oxygen atoms in total. The molecule has 2 heterocycles. The van der Waals surface area contributed by atoms with Gasteiger partial charge in [-0.3, -0.25) is 4.79 Å². The van der Waals surface area contributed by atoms with Crippen LogP contribution in [0.3, 0.4) is 0 Å². The fourth-order valence-electron chi connectivity index (χ4n) is 3.65. The maximum absolute atomic E-state index is 12.7. The molecular formula is C23H25N5O2. The Labute approximate surface area is 175 Å². The van der Waals surface area contributed by atoms with Crippen LogP contribution in [0.15, 0.2) is 60.7 Å². The molecule has 1 aliphatic rings. The van der Waals surface area contributed by atoms with Gasteiger partial charge in [-0.05, 0) is 30.2 Å². The quantitative estimate of drug-likeness (QED) is 0.662. The lowest BCUT2D eigenvalue weighted by molar-refractivity contribution is -0.119. The number of aromatic nitrogens is 2. The normalized spacial score (nSPS) is 15.9. The van der Waals surface area contributed by atoms with Gasteiger partial charge in [-0.1, -0.05) is 49.7 Å². The smallest absolute Gasteiger partial charge is 0.317 e. The zero-order valence-corrected chi connectivity index (χ0v) is 17.1. The summed E-state index contributed by atoms with van der Waals surface area (Å²) in [5.41, 5.74) is 4.10. The van der Waals surface area contributed by atoms with E-state index in [9.17, 15) is 9.59 Å². The Hall–Kier alpha value is -3.61. The van der Waals surface area contributed by atoms with Crippen molar-refractivity contribution in [1.29, 1.82) is 0 Å². The minimum Gasteiger partial charge on any atom is -0.335 e. The van der Waals surface area contributed by atoms with Crippen LogP contribution in [0.25, 0.3) is 16.9 Å². The maximum Gasteiger partial charge on any atom is 0.317 e. The number of benzene rings is 2. The number of rotatable bonds is 6. The van der Waals surface area contributed by atoms with Gasteiger partial charge < -0.3 is 15.5 Å². The van der Waals surface area contributed by atoms with Crippen LogP contribution in [0.5, 0.6) is 0 Å². The predicted octanol–water partition coefficient (Wildman–Crippen LogP) is 3.45. The van der Waals surface area contributed by atoms with Crippen molar-refractivity contribution in [3.05, 3.63) is 66.2 Å². The van der Waals surface area contributed by atoms with E-state index in [4.69, 9.17) is 0 Å². The van der Waals surface area contributed by atoms with Crippen LogP contribution in [0.2, 0.25) is 0 Å². The molecule has 30 heavy (non-hydrogen) atoms. The second-order valence-electron chi connectivity index (χ2n) is 7.41. The summed E-state index contributed by atoms with van der Waals surface area (Å²) >= 11 is 0. The van der Waals surface area contributed by atoms with Gasteiger partial charge in [0.15, 0.2) is 5.82 Å². The van der Waals surface area contributed by atoms with E-state index in [0.717, 1.165) is 29.8 Å². The standard InChI is InChI=1S/C23H25N5O2/c1-3-8-16-9-7-10-17(13-16)19-14-21(26-28(19)18-11-5-4-6-12-18)25-22(29)20-15-24-23(30)27(20)2/h4-7,9-14,20H,3,8,15H2,1-2H3,(H,24,30)(H,25,26,29)/t20-/m0/s1. The summed E-state index contributed by atoms with van der Waals surface area (Å²) in [5.74, 6) is 0.187. The van der Waals surface area contributed by atoms with Crippen molar-refractivity contribution in [3.63, 3.8) is 0 Å². The number of hydrogen-bond acceptors (Lipinski definition) is 3. The van der Waals surface area contributed by atoms with Crippen molar-refractivity contribution in [3.8, 4) is 16.9 Å². The molecular weight excluding hydrogens is 378 g/mol. The van der Waals surface area contributed by atoms with Gasteiger partial charge in [-0.15, -0.1) is 5.10 Å². The lowest BCUT2D eigenvalue weighted by Gasteiger charge is -2.16. The molecule has 1 fully saturated rings. The van der Waals surface area contributed by atoms with E-state index in [0.29, 0.717) is 5.82 Å². The van der Waals surface area contributed by atoms with Gasteiger partial charge in [0.05, 0.1) is 11.4 Å². The number of carbonyl (C=O) groups is 2. The molecule has 1 aromatic heterocycles. The average molecular weight is 403 g/mol. The zero-order chi connectivity index (χ0) is 21.1. The SMILES string of the molecule is CCCc1cccc(-c2cc(NC(=O)[C@@H]3CNC(=O)N3C)nn2-c2ccccc2)c1. The van der Waals surface area contributed by atoms with Crippen LogP contribution >= 0.6 is 0 Å². The third-order valence-corrected chi connectivity index (χ3v) is 5.26. The minimum atomic E-state index is -0.560. The van der Waals surface area contributed by atoms with Crippen LogP contribution in [-0.2, 0) is 11.2 Å². The molecule has 3 aromatic rings. The number of para-hydroxylation sites is 1. The van der Waals surface area contributed by atoms with E-state index in [2.05, 4.69) is 40.9 Å². The number of hydrogen-bond donors (Lipinski definition) is 2. The van der Waals surface area contributed by atoms with Crippen molar-refractivity contribution in [2.24, 2.45) is 0 Å². The van der Waals surface area contributed by atoms with E-state index in [-0.39, 0.29) is 18.5 Å². The topological polar surface area (TPSA) is 79.3 Å². The number of urea groups is 1. The molecule has 7 heteroatoms. The first-order valence-electron chi connectivity index (χ1n) is 10.1. The summed E-state index contributed by atoms with van der Waals surface area (Å²) in [5, 5.41) is 10.2. The van der Waals surface area contributed by atoms with Gasteiger partial charge in [-0.25, -0.2) is 9.48 Å². The highest BCUT2D eigenvalue weighted by molar-refractivity contribution is 5.98. The van der Waals surface area contributed by atoms with Crippen molar-refractivity contribution in [1.82, 2.24) is 20.0 Å². The first kappa shape index (κ1) is 19.7. The van der Waals surface area contributed by atoms with Crippen LogP contribution in [0, 0.1) is 0 Å². The van der Waals surface area contributed by atoms with Crippen LogP contribution in [0.1, 0.15) is 18.9 Å². The Bertz CT molecular complexity index is 1060. The summed E-state index contributed by atoms with van der Waals surface area (Å²) in [6.07, 6.45) is 2.08. The molecule has 3 amide bonds. The first-order valence-corrected chi connectivity index (χ1v) is 10.1. The predicted molar refractivity (Wildman–Crippen MR) is 117 cm³/mol. The highest BCUT2D eigenvalue weighted by Gasteiger charge is 2.33. The second-order valence-corrected chi connectivity index (χ2v) is 7.41. The fraction of sp³-hybridized carbons (Fsp3) is 0.261. The first-order chi connectivity index (χ1) is 14.6. The summed E-state index contributed by atoms with van der Waals surface area (Å²) in [6.45, 7) is 2.45. The van der Waals surface area contributed by atoms with Crippen molar-refractivity contribution >= 4 is 17.8 Å². The fourth-order valence-corrected chi connectivity index (χ4v) is 3.65. The molecule has 2 N–H and O–H groups in total. The second kappa shape index (κ2) is 8.41. The molecule has 4 rings (SSSR count). The summed E-state index contributed by atoms with van der Waals surface area (Å²) < 4.78 is 1.84. The molecule has 0 spiro atoms. The Morgan fingerprint density at radius 2 is 1.97 bits per heavy atom. The Balaban J connectivity index is 1.69. The molecule has 2 aromatic carbocycles. The zero-order valence-electron chi connectivity index (χ0n) is 17.1. The van der Waals surface area contributed by atoms with Crippen LogP contribution in [-0.4, -0.2) is 46.3 Å². The number of likely N-dealkylation sites (N-methyl/N-ethyl adjacent to an activating group) is 1. The third kappa shape index (κ3) is 3.91. The molecule has 1 aliphatic heterocycles. The summed E-state index contributed by atoms with van der Waals surface area (Å²) in [6, 6.07) is 19.3. The van der Waals surface area contributed by atoms with E-state index in [1.54, 1.807) is 7.05 Å². The van der Waals surface area contributed by atoms with Crippen LogP contribution in [0.4, 0.5) is 10.6 Å². The number of amides is 3. The highest BCUT2D eigenvalue weighted by Crippen LogP contribution is 2.27. The summed E-state index contributed by atoms with van der Waals surface area (Å²) in [4.78, 5) is 25.8. The summed E-state index contributed by atoms with van der Waals surface area (Å²) in [7, 11) is 1.61. The number of anilines is 1. The monoisotopic (exact) mass is 403 g/mol. The average Bonchev–Trinajstić information content (AvgIpc) is 3.33. The molecule has 0 radical (unpaired) electrons. The van der Waals surface area contributed by atoms with Crippen molar-refractivity contribution in [2.75, 3.05) is 18.9 Å². The van der Waals surface area contributed by atoms with Crippen molar-refractivity contribution in [2.45, 2.75) is 25.8 Å². The Morgan fingerprint density at radius 3 is 2.67 bits per heavy atom. The molecule has 1 saturated heterocycles. The van der Waals surface area contributed by atoms with Gasteiger partial charge in [-0.2, -0.15) is 0 Å². The lowest BCUT2D eigenvalue weighted by atomic mass is 10.0. The highest BCUT2D eigenvalue weighted by atomic mass is 16.2. The lowest BCUT2D eigenvalue weighted by Crippen LogP contribution is -2.40. The van der Waals surface area contributed by atoms with Gasteiger partial charge in [0, 0.05) is 25.2 Å². The molecule has 154 valence electrons.